The number of hydrogen-bond donors (Lipinski definition) is 0. The molecule has 5 heteroatoms. The van der Waals surface area contributed by atoms with E-state index in [1.807, 2.05) is 48.5 Å². The predicted octanol–water partition coefficient (Wildman–Crippen LogP) is 14.2. The van der Waals surface area contributed by atoms with Crippen LogP contribution < -0.4 is 0 Å². The maximum absolute atomic E-state index is 6.34. The number of benzene rings is 9. The number of para-hydroxylation sites is 2. The summed E-state index contributed by atoms with van der Waals surface area (Å²) in [4.78, 5) is 15.8. The Hall–Kier alpha value is -8.41. The van der Waals surface area contributed by atoms with Crippen LogP contribution in [0.2, 0.25) is 0 Å². The third-order valence-electron chi connectivity index (χ3n) is 13.5. The van der Waals surface area contributed by atoms with Gasteiger partial charge >= 0.3 is 0 Å². The zero-order valence-electron chi connectivity index (χ0n) is 33.8. The summed E-state index contributed by atoms with van der Waals surface area (Å²) in [6, 6.07) is 73.9. The van der Waals surface area contributed by atoms with Crippen LogP contribution in [0.3, 0.4) is 0 Å². The van der Waals surface area contributed by atoms with Crippen LogP contribution >= 0.6 is 0 Å². The fourth-order valence-electron chi connectivity index (χ4n) is 10.9. The first-order valence-corrected chi connectivity index (χ1v) is 21.4. The van der Waals surface area contributed by atoms with Gasteiger partial charge in [-0.05, 0) is 86.0 Å². The van der Waals surface area contributed by atoms with Crippen molar-refractivity contribution in [1.82, 2.24) is 19.5 Å². The Balaban J connectivity index is 1.01. The summed E-state index contributed by atoms with van der Waals surface area (Å²) in [5, 5.41) is 4.27. The molecule has 5 nitrogen and oxygen atoms in total. The molecule has 0 atom stereocenters. The third-order valence-corrected chi connectivity index (χ3v) is 13.5. The molecule has 63 heavy (non-hydrogen) atoms. The van der Waals surface area contributed by atoms with E-state index in [1.165, 1.54) is 44.5 Å². The summed E-state index contributed by atoms with van der Waals surface area (Å²) in [6.45, 7) is 0. The van der Waals surface area contributed by atoms with Gasteiger partial charge in [0.05, 0.1) is 16.4 Å². The van der Waals surface area contributed by atoms with Crippen LogP contribution in [0, 0.1) is 0 Å². The second kappa shape index (κ2) is 12.8. The number of nitrogens with zero attached hydrogens (tertiary/aromatic N) is 4. The molecule has 0 unspecified atom stereocenters. The number of fused-ring (bicyclic) bond motifs is 16. The maximum Gasteiger partial charge on any atom is 0.238 e. The standard InChI is InChI=1S/C58H34N4O/c1-2-15-35(16-3-1)55-59-56(45-22-14-28-53-54(45)44-21-8-13-27-52(44)63-53)61-57(60-55)62-50-26-12-7-20-42(50)43-32-30-37(34-51(43)62)36-29-31-41-40-19-6-11-25-48(40)58(49(41)33-36)46-23-9-4-17-38(46)39-18-5-10-24-47(39)58/h1-34H. The highest BCUT2D eigenvalue weighted by Crippen LogP contribution is 2.63. The van der Waals surface area contributed by atoms with E-state index in [1.54, 1.807) is 0 Å². The molecule has 0 radical (unpaired) electrons. The van der Waals surface area contributed by atoms with Gasteiger partial charge in [-0.15, -0.1) is 0 Å². The number of rotatable bonds is 4. The molecule has 0 saturated heterocycles. The molecule has 292 valence electrons. The maximum atomic E-state index is 6.34. The van der Waals surface area contributed by atoms with E-state index in [-0.39, 0.29) is 0 Å². The first-order chi connectivity index (χ1) is 31.2. The van der Waals surface area contributed by atoms with Crippen LogP contribution in [0.5, 0.6) is 0 Å². The van der Waals surface area contributed by atoms with Crippen LogP contribution in [-0.4, -0.2) is 19.5 Å². The van der Waals surface area contributed by atoms with Crippen molar-refractivity contribution in [3.05, 3.63) is 229 Å². The normalized spacial score (nSPS) is 13.2. The van der Waals surface area contributed by atoms with Gasteiger partial charge < -0.3 is 4.42 Å². The van der Waals surface area contributed by atoms with Crippen LogP contribution in [0.25, 0.3) is 106 Å². The van der Waals surface area contributed by atoms with Gasteiger partial charge in [-0.1, -0.05) is 176 Å². The lowest BCUT2D eigenvalue weighted by atomic mass is 9.70. The summed E-state index contributed by atoms with van der Waals surface area (Å²) in [6.07, 6.45) is 0. The Kier molecular flexibility index (Phi) is 6.97. The molecule has 0 fully saturated rings. The largest absolute Gasteiger partial charge is 0.456 e. The van der Waals surface area contributed by atoms with Crippen molar-refractivity contribution < 1.29 is 4.42 Å². The lowest BCUT2D eigenvalue weighted by Gasteiger charge is -2.30. The molecule has 0 aliphatic heterocycles. The number of aromatic nitrogens is 4. The molecule has 0 saturated carbocycles. The van der Waals surface area contributed by atoms with Crippen molar-refractivity contribution >= 4 is 43.7 Å². The van der Waals surface area contributed by atoms with Crippen molar-refractivity contribution in [1.29, 1.82) is 0 Å². The van der Waals surface area contributed by atoms with Crippen molar-refractivity contribution in [2.75, 3.05) is 0 Å². The van der Waals surface area contributed by atoms with Crippen molar-refractivity contribution in [2.24, 2.45) is 0 Å². The average molecular weight is 803 g/mol. The molecular weight excluding hydrogens is 769 g/mol. The Morgan fingerprint density at radius 1 is 0.349 bits per heavy atom. The fraction of sp³-hybridized carbons (Fsp3) is 0.0172. The smallest absolute Gasteiger partial charge is 0.238 e. The minimum Gasteiger partial charge on any atom is -0.456 e. The van der Waals surface area contributed by atoms with E-state index in [0.717, 1.165) is 66.0 Å². The van der Waals surface area contributed by atoms with Gasteiger partial charge in [-0.25, -0.2) is 4.98 Å². The van der Waals surface area contributed by atoms with Gasteiger partial charge in [-0.3, -0.25) is 4.57 Å². The topological polar surface area (TPSA) is 56.7 Å². The zero-order chi connectivity index (χ0) is 41.2. The second-order valence-corrected chi connectivity index (χ2v) is 16.7. The molecular formula is C58H34N4O. The molecule has 9 aromatic carbocycles. The lowest BCUT2D eigenvalue weighted by molar-refractivity contribution is 0.669. The summed E-state index contributed by atoms with van der Waals surface area (Å²) in [7, 11) is 0. The predicted molar refractivity (Wildman–Crippen MR) is 254 cm³/mol. The molecule has 2 aliphatic rings. The monoisotopic (exact) mass is 802 g/mol. The first-order valence-electron chi connectivity index (χ1n) is 21.4. The molecule has 2 aliphatic carbocycles. The Morgan fingerprint density at radius 3 is 1.67 bits per heavy atom. The highest BCUT2D eigenvalue weighted by atomic mass is 16.3. The molecule has 0 N–H and O–H groups in total. The molecule has 12 aromatic rings. The summed E-state index contributed by atoms with van der Waals surface area (Å²) in [5.74, 6) is 1.73. The van der Waals surface area contributed by atoms with Crippen LogP contribution in [0.15, 0.2) is 211 Å². The lowest BCUT2D eigenvalue weighted by Crippen LogP contribution is -2.25. The van der Waals surface area contributed by atoms with Crippen LogP contribution in [0.4, 0.5) is 0 Å². The van der Waals surface area contributed by atoms with Crippen molar-refractivity contribution in [3.8, 4) is 62.1 Å². The van der Waals surface area contributed by atoms with E-state index in [4.69, 9.17) is 19.4 Å². The van der Waals surface area contributed by atoms with Gasteiger partial charge in [0.2, 0.25) is 5.95 Å². The van der Waals surface area contributed by atoms with E-state index in [9.17, 15) is 0 Å². The summed E-state index contributed by atoms with van der Waals surface area (Å²) >= 11 is 0. The molecule has 0 amide bonds. The molecule has 14 rings (SSSR count). The fourth-order valence-corrected chi connectivity index (χ4v) is 10.9. The third kappa shape index (κ3) is 4.68. The summed E-state index contributed by atoms with van der Waals surface area (Å²) in [5.41, 5.74) is 17.8. The summed E-state index contributed by atoms with van der Waals surface area (Å²) < 4.78 is 8.55. The highest BCUT2D eigenvalue weighted by molar-refractivity contribution is 6.12. The van der Waals surface area contributed by atoms with Gasteiger partial charge in [0.25, 0.3) is 0 Å². The molecule has 1 spiro atoms. The Morgan fingerprint density at radius 2 is 0.905 bits per heavy atom. The highest BCUT2D eigenvalue weighted by Gasteiger charge is 2.51. The quantitative estimate of drug-likeness (QED) is 0.178. The Labute approximate surface area is 362 Å². The average Bonchev–Trinajstić information content (AvgIpc) is 4.07. The van der Waals surface area contributed by atoms with Crippen LogP contribution in [0.1, 0.15) is 22.3 Å². The number of furan rings is 1. The van der Waals surface area contributed by atoms with E-state index >= 15 is 0 Å². The minimum atomic E-state index is -0.424. The number of hydrogen-bond acceptors (Lipinski definition) is 4. The second-order valence-electron chi connectivity index (χ2n) is 16.7. The van der Waals surface area contributed by atoms with Gasteiger partial charge in [0, 0.05) is 32.7 Å². The van der Waals surface area contributed by atoms with Gasteiger partial charge in [0.1, 0.15) is 11.2 Å². The van der Waals surface area contributed by atoms with Gasteiger partial charge in [0.15, 0.2) is 11.6 Å². The minimum absolute atomic E-state index is 0.424. The van der Waals surface area contributed by atoms with Crippen molar-refractivity contribution in [3.63, 3.8) is 0 Å². The molecule has 3 heterocycles. The van der Waals surface area contributed by atoms with E-state index < -0.39 is 5.41 Å². The van der Waals surface area contributed by atoms with E-state index in [0.29, 0.717) is 17.6 Å². The molecule has 3 aromatic heterocycles. The first kappa shape index (κ1) is 34.3. The van der Waals surface area contributed by atoms with E-state index in [2.05, 4.69) is 162 Å². The van der Waals surface area contributed by atoms with Crippen molar-refractivity contribution in [2.45, 2.75) is 5.41 Å². The Bertz CT molecular complexity index is 3810. The zero-order valence-corrected chi connectivity index (χ0v) is 33.8. The van der Waals surface area contributed by atoms with Crippen LogP contribution in [-0.2, 0) is 5.41 Å². The van der Waals surface area contributed by atoms with Gasteiger partial charge in [-0.2, -0.15) is 9.97 Å². The molecule has 0 bridgehead atoms. The SMILES string of the molecule is c1ccc(-c2nc(-c3cccc4oc5ccccc5c34)nc(-n3c4ccccc4c4ccc(-c5ccc6c(c5)C5(c7ccccc7-c7ccccc75)c5ccccc5-6)cc43)n2)cc1.